The Hall–Kier alpha value is -1.26. The molecule has 2 aliphatic rings. The average Bonchev–Trinajstić information content (AvgIpc) is 2.89. The highest BCUT2D eigenvalue weighted by molar-refractivity contribution is 5.78. The maximum Gasteiger partial charge on any atom is 0.314 e. The zero-order chi connectivity index (χ0) is 15.3. The molecule has 5 heteroatoms. The van der Waals surface area contributed by atoms with Crippen LogP contribution in [0.4, 0.5) is 4.79 Å². The van der Waals surface area contributed by atoms with E-state index in [9.17, 15) is 14.7 Å². The van der Waals surface area contributed by atoms with E-state index in [4.69, 9.17) is 0 Å². The van der Waals surface area contributed by atoms with Gasteiger partial charge in [0.2, 0.25) is 0 Å². The third kappa shape index (κ3) is 4.35. The van der Waals surface area contributed by atoms with Gasteiger partial charge >= 0.3 is 12.0 Å². The number of rotatable bonds is 5. The highest BCUT2D eigenvalue weighted by atomic mass is 16.4. The second kappa shape index (κ2) is 7.14. The van der Waals surface area contributed by atoms with Crippen molar-refractivity contribution in [1.29, 1.82) is 0 Å². The van der Waals surface area contributed by atoms with Gasteiger partial charge in [0.15, 0.2) is 0 Å². The van der Waals surface area contributed by atoms with Crippen LogP contribution in [0.1, 0.15) is 58.3 Å². The number of urea groups is 1. The third-order valence-corrected chi connectivity index (χ3v) is 5.21. The summed E-state index contributed by atoms with van der Waals surface area (Å²) in [6, 6.07) is -0.222. The quantitative estimate of drug-likeness (QED) is 0.730. The van der Waals surface area contributed by atoms with Gasteiger partial charge in [-0.25, -0.2) is 4.79 Å². The number of hydrogen-bond acceptors (Lipinski definition) is 2. The number of carboxylic acid groups (broad SMARTS) is 1. The molecule has 2 atom stereocenters. The smallest absolute Gasteiger partial charge is 0.314 e. The Morgan fingerprint density at radius 3 is 2.43 bits per heavy atom. The fraction of sp³-hybridized carbons (Fsp3) is 0.875. The molecule has 5 nitrogen and oxygen atoms in total. The van der Waals surface area contributed by atoms with Crippen molar-refractivity contribution >= 4 is 12.0 Å². The van der Waals surface area contributed by atoms with E-state index in [1.165, 1.54) is 19.3 Å². The number of aliphatic carboxylic acids is 1. The number of hydrogen-bond donors (Lipinski definition) is 3. The molecule has 2 fully saturated rings. The van der Waals surface area contributed by atoms with Crippen LogP contribution in [0, 0.1) is 17.3 Å². The van der Waals surface area contributed by atoms with Gasteiger partial charge in [-0.05, 0) is 37.5 Å². The van der Waals surface area contributed by atoms with Gasteiger partial charge in [0, 0.05) is 13.1 Å². The van der Waals surface area contributed by atoms with Gasteiger partial charge in [-0.3, -0.25) is 4.79 Å². The van der Waals surface area contributed by atoms with Gasteiger partial charge in [-0.15, -0.1) is 0 Å². The second-order valence-corrected chi connectivity index (χ2v) is 6.99. The lowest BCUT2D eigenvalue weighted by Crippen LogP contribution is -2.47. The first kappa shape index (κ1) is 16.1. The molecule has 2 unspecified atom stereocenters. The van der Waals surface area contributed by atoms with E-state index < -0.39 is 11.4 Å². The Morgan fingerprint density at radius 1 is 1.14 bits per heavy atom. The molecule has 0 heterocycles. The zero-order valence-electron chi connectivity index (χ0n) is 13.0. The normalized spacial score (nSPS) is 28.0. The van der Waals surface area contributed by atoms with Crippen LogP contribution in [-0.4, -0.2) is 30.2 Å². The van der Waals surface area contributed by atoms with Crippen molar-refractivity contribution in [1.82, 2.24) is 10.6 Å². The monoisotopic (exact) mass is 296 g/mol. The number of nitrogens with one attached hydrogen (secondary N) is 2. The number of carbonyl (C=O) groups excluding carboxylic acids is 1. The van der Waals surface area contributed by atoms with E-state index in [1.807, 2.05) is 0 Å². The molecule has 0 aromatic rings. The molecule has 0 aliphatic heterocycles. The number of carboxylic acids is 1. The molecule has 2 amide bonds. The Bertz CT molecular complexity index is 378. The van der Waals surface area contributed by atoms with Gasteiger partial charge < -0.3 is 15.7 Å². The van der Waals surface area contributed by atoms with Crippen LogP contribution < -0.4 is 10.6 Å². The summed E-state index contributed by atoms with van der Waals surface area (Å²) < 4.78 is 0. The highest BCUT2D eigenvalue weighted by Gasteiger charge is 2.39. The Kier molecular flexibility index (Phi) is 5.48. The molecule has 2 aliphatic carbocycles. The van der Waals surface area contributed by atoms with E-state index in [-0.39, 0.29) is 12.6 Å². The van der Waals surface area contributed by atoms with Crippen molar-refractivity contribution in [2.24, 2.45) is 17.3 Å². The molecule has 3 N–H and O–H groups in total. The molecule has 0 radical (unpaired) electrons. The largest absolute Gasteiger partial charge is 0.481 e. The summed E-state index contributed by atoms with van der Waals surface area (Å²) in [5.41, 5.74) is -0.753. The average molecular weight is 296 g/mol. The minimum Gasteiger partial charge on any atom is -0.481 e. The predicted molar refractivity (Wildman–Crippen MR) is 81.1 cm³/mol. The molecule has 0 saturated heterocycles. The lowest BCUT2D eigenvalue weighted by Gasteiger charge is -2.33. The van der Waals surface area contributed by atoms with Gasteiger partial charge in [0.25, 0.3) is 0 Å². The van der Waals surface area contributed by atoms with Crippen molar-refractivity contribution in [3.63, 3.8) is 0 Å². The summed E-state index contributed by atoms with van der Waals surface area (Å²) in [5.74, 6) is 0.568. The summed E-state index contributed by atoms with van der Waals surface area (Å²) in [6.45, 7) is 3.20. The van der Waals surface area contributed by atoms with Gasteiger partial charge in [-0.1, -0.05) is 32.6 Å². The molecule has 0 aromatic carbocycles. The van der Waals surface area contributed by atoms with Crippen molar-refractivity contribution < 1.29 is 14.7 Å². The molecular formula is C16H28N2O3. The molecule has 120 valence electrons. The first-order valence-electron chi connectivity index (χ1n) is 8.27. The standard InChI is InChI=1S/C16H28N2O3/c1-12-5-6-13(9-12)10-17-15(21)18-11-16(14(19)20)7-3-2-4-8-16/h12-13H,2-11H2,1H3,(H,19,20)(H2,17,18,21). The molecule has 2 saturated carbocycles. The number of amides is 2. The minimum absolute atomic E-state index is 0.222. The summed E-state index contributed by atoms with van der Waals surface area (Å²) in [4.78, 5) is 23.4. The van der Waals surface area contributed by atoms with E-state index >= 15 is 0 Å². The van der Waals surface area contributed by atoms with Crippen LogP contribution in [0.2, 0.25) is 0 Å². The predicted octanol–water partition coefficient (Wildman–Crippen LogP) is 2.76. The number of carbonyl (C=O) groups is 2. The third-order valence-electron chi connectivity index (χ3n) is 5.21. The highest BCUT2D eigenvalue weighted by Crippen LogP contribution is 2.36. The summed E-state index contributed by atoms with van der Waals surface area (Å²) in [5, 5.41) is 15.1. The molecule has 21 heavy (non-hydrogen) atoms. The van der Waals surface area contributed by atoms with E-state index in [1.54, 1.807) is 0 Å². The molecule has 0 spiro atoms. The van der Waals surface area contributed by atoms with Gasteiger partial charge in [0.05, 0.1) is 5.41 Å². The van der Waals surface area contributed by atoms with Crippen molar-refractivity contribution in [2.45, 2.75) is 58.3 Å². The van der Waals surface area contributed by atoms with Crippen LogP contribution in [0.3, 0.4) is 0 Å². The zero-order valence-corrected chi connectivity index (χ0v) is 13.0. The maximum absolute atomic E-state index is 11.9. The summed E-state index contributed by atoms with van der Waals surface area (Å²) in [6.07, 6.45) is 7.92. The van der Waals surface area contributed by atoms with Crippen molar-refractivity contribution in [2.75, 3.05) is 13.1 Å². The van der Waals surface area contributed by atoms with Crippen LogP contribution in [0.25, 0.3) is 0 Å². The lowest BCUT2D eigenvalue weighted by molar-refractivity contribution is -0.150. The Balaban J connectivity index is 1.73. The lowest BCUT2D eigenvalue weighted by atomic mass is 9.74. The SMILES string of the molecule is CC1CCC(CNC(=O)NCC2(C(=O)O)CCCCC2)C1. The second-order valence-electron chi connectivity index (χ2n) is 6.99. The summed E-state index contributed by atoms with van der Waals surface area (Å²) >= 11 is 0. The van der Waals surface area contributed by atoms with Gasteiger partial charge in [0.1, 0.15) is 0 Å². The van der Waals surface area contributed by atoms with Gasteiger partial charge in [-0.2, -0.15) is 0 Å². The van der Waals surface area contributed by atoms with E-state index in [2.05, 4.69) is 17.6 Å². The van der Waals surface area contributed by atoms with Crippen molar-refractivity contribution in [3.05, 3.63) is 0 Å². The Morgan fingerprint density at radius 2 is 1.86 bits per heavy atom. The molecule has 2 rings (SSSR count). The van der Waals surface area contributed by atoms with Crippen LogP contribution in [-0.2, 0) is 4.79 Å². The van der Waals surface area contributed by atoms with E-state index in [0.717, 1.165) is 25.2 Å². The van der Waals surface area contributed by atoms with E-state index in [0.29, 0.717) is 25.3 Å². The van der Waals surface area contributed by atoms with Crippen LogP contribution in [0.5, 0.6) is 0 Å². The Labute approximate surface area is 126 Å². The minimum atomic E-state index is -0.771. The van der Waals surface area contributed by atoms with Crippen molar-refractivity contribution in [3.8, 4) is 0 Å². The fourth-order valence-electron chi connectivity index (χ4n) is 3.75. The maximum atomic E-state index is 11.9. The fourth-order valence-corrected chi connectivity index (χ4v) is 3.75. The molecule has 0 aromatic heterocycles. The molecule has 0 bridgehead atoms. The topological polar surface area (TPSA) is 78.4 Å². The molecular weight excluding hydrogens is 268 g/mol. The first-order chi connectivity index (χ1) is 10.0. The van der Waals surface area contributed by atoms with Crippen LogP contribution in [0.15, 0.2) is 0 Å². The first-order valence-corrected chi connectivity index (χ1v) is 8.27. The van der Waals surface area contributed by atoms with Crippen LogP contribution >= 0.6 is 0 Å². The summed E-state index contributed by atoms with van der Waals surface area (Å²) in [7, 11) is 0.